The molecule has 3 N–H and O–H groups in total. The highest BCUT2D eigenvalue weighted by Crippen LogP contribution is 2.24. The molecule has 1 fully saturated rings. The maximum atomic E-state index is 12.1. The van der Waals surface area contributed by atoms with Gasteiger partial charge in [-0.1, -0.05) is 13.8 Å². The van der Waals surface area contributed by atoms with Crippen LogP contribution >= 0.6 is 24.2 Å². The molecule has 1 atom stereocenters. The number of halogens is 1. The largest absolute Gasteiger partial charge is 0.349 e. The smallest absolute Gasteiger partial charge is 0.223 e. The Labute approximate surface area is 115 Å². The quantitative estimate of drug-likeness (QED) is 0.829. The van der Waals surface area contributed by atoms with Crippen LogP contribution in [0.25, 0.3) is 0 Å². The van der Waals surface area contributed by atoms with E-state index in [0.717, 1.165) is 24.3 Å². The number of carbonyl (C=O) groups is 1. The fourth-order valence-corrected chi connectivity index (χ4v) is 2.88. The SMILES string of the molecule is CC(C)C(C)(CN)NC(=O)C1CCSCC1.Cl. The number of carbonyl (C=O) groups excluding carboxylic acids is 1. The van der Waals surface area contributed by atoms with Gasteiger partial charge in [-0.15, -0.1) is 12.4 Å². The maximum absolute atomic E-state index is 12.1. The van der Waals surface area contributed by atoms with Gasteiger partial charge in [0.2, 0.25) is 5.91 Å². The summed E-state index contributed by atoms with van der Waals surface area (Å²) in [6, 6.07) is 0. The van der Waals surface area contributed by atoms with Crippen molar-refractivity contribution in [3.63, 3.8) is 0 Å². The van der Waals surface area contributed by atoms with Crippen LogP contribution in [0.1, 0.15) is 33.6 Å². The van der Waals surface area contributed by atoms with Gasteiger partial charge in [0.1, 0.15) is 0 Å². The molecule has 1 heterocycles. The predicted octanol–water partition coefficient (Wildman–Crippen LogP) is 2.04. The summed E-state index contributed by atoms with van der Waals surface area (Å²) in [5.41, 5.74) is 5.50. The number of nitrogens with one attached hydrogen (secondary N) is 1. The summed E-state index contributed by atoms with van der Waals surface area (Å²) < 4.78 is 0. The van der Waals surface area contributed by atoms with Crippen molar-refractivity contribution in [2.24, 2.45) is 17.6 Å². The van der Waals surface area contributed by atoms with Gasteiger partial charge in [-0.2, -0.15) is 11.8 Å². The van der Waals surface area contributed by atoms with Crippen molar-refractivity contribution in [3.05, 3.63) is 0 Å². The highest BCUT2D eigenvalue weighted by atomic mass is 35.5. The van der Waals surface area contributed by atoms with Crippen LogP contribution in [0.2, 0.25) is 0 Å². The number of hydrogen-bond acceptors (Lipinski definition) is 3. The van der Waals surface area contributed by atoms with Gasteiger partial charge in [-0.3, -0.25) is 4.79 Å². The zero-order chi connectivity index (χ0) is 12.2. The summed E-state index contributed by atoms with van der Waals surface area (Å²) in [6.07, 6.45) is 2.02. The minimum atomic E-state index is -0.262. The van der Waals surface area contributed by atoms with Crippen molar-refractivity contribution in [3.8, 4) is 0 Å². The molecule has 1 rings (SSSR count). The van der Waals surface area contributed by atoms with E-state index in [4.69, 9.17) is 5.73 Å². The lowest BCUT2D eigenvalue weighted by Gasteiger charge is -2.35. The molecular formula is C12H25ClN2OS. The van der Waals surface area contributed by atoms with Gasteiger partial charge in [0.25, 0.3) is 0 Å². The van der Waals surface area contributed by atoms with E-state index >= 15 is 0 Å². The van der Waals surface area contributed by atoms with E-state index in [0.29, 0.717) is 12.5 Å². The number of amides is 1. The second-order valence-corrected chi connectivity index (χ2v) is 6.38. The highest BCUT2D eigenvalue weighted by molar-refractivity contribution is 7.99. The van der Waals surface area contributed by atoms with E-state index < -0.39 is 0 Å². The van der Waals surface area contributed by atoms with Crippen molar-refractivity contribution in [2.45, 2.75) is 39.2 Å². The molecule has 1 aliphatic rings. The molecule has 0 aromatic rings. The molecule has 0 radical (unpaired) electrons. The fraction of sp³-hybridized carbons (Fsp3) is 0.917. The Hall–Kier alpha value is 0.0700. The molecule has 0 aromatic carbocycles. The van der Waals surface area contributed by atoms with Gasteiger partial charge in [-0.05, 0) is 37.2 Å². The van der Waals surface area contributed by atoms with Crippen molar-refractivity contribution in [1.29, 1.82) is 0 Å². The molecule has 0 spiro atoms. The van der Waals surface area contributed by atoms with Crippen LogP contribution in [0.3, 0.4) is 0 Å². The lowest BCUT2D eigenvalue weighted by Crippen LogP contribution is -2.56. The molecule has 3 nitrogen and oxygen atoms in total. The first kappa shape index (κ1) is 17.1. The zero-order valence-electron chi connectivity index (χ0n) is 11.0. The predicted molar refractivity (Wildman–Crippen MR) is 77.7 cm³/mol. The average molecular weight is 281 g/mol. The second kappa shape index (κ2) is 7.49. The normalized spacial score (nSPS) is 20.5. The molecule has 0 saturated carbocycles. The summed E-state index contributed by atoms with van der Waals surface area (Å²) in [7, 11) is 0. The molecule has 0 aromatic heterocycles. The van der Waals surface area contributed by atoms with Crippen molar-refractivity contribution in [1.82, 2.24) is 5.32 Å². The maximum Gasteiger partial charge on any atom is 0.223 e. The Morgan fingerprint density at radius 2 is 2.00 bits per heavy atom. The Morgan fingerprint density at radius 1 is 1.47 bits per heavy atom. The molecule has 1 unspecified atom stereocenters. The van der Waals surface area contributed by atoms with Gasteiger partial charge < -0.3 is 11.1 Å². The van der Waals surface area contributed by atoms with E-state index in [1.54, 1.807) is 0 Å². The van der Waals surface area contributed by atoms with Crippen molar-refractivity contribution >= 4 is 30.1 Å². The lowest BCUT2D eigenvalue weighted by atomic mass is 9.87. The molecule has 102 valence electrons. The first-order valence-corrected chi connectivity index (χ1v) is 7.25. The number of thioether (sulfide) groups is 1. The van der Waals surface area contributed by atoms with E-state index in [2.05, 4.69) is 19.2 Å². The van der Waals surface area contributed by atoms with Gasteiger partial charge in [0, 0.05) is 12.5 Å². The Bertz CT molecular complexity index is 245. The molecule has 17 heavy (non-hydrogen) atoms. The topological polar surface area (TPSA) is 55.1 Å². The third-order valence-electron chi connectivity index (χ3n) is 3.70. The summed E-state index contributed by atoms with van der Waals surface area (Å²) in [4.78, 5) is 12.1. The van der Waals surface area contributed by atoms with Crippen LogP contribution in [0.15, 0.2) is 0 Å². The molecular weight excluding hydrogens is 256 g/mol. The first-order chi connectivity index (χ1) is 7.49. The molecule has 0 aliphatic carbocycles. The fourth-order valence-electron chi connectivity index (χ4n) is 1.77. The molecule has 1 saturated heterocycles. The van der Waals surface area contributed by atoms with E-state index in [9.17, 15) is 4.79 Å². The van der Waals surface area contributed by atoms with Gasteiger partial charge in [0.15, 0.2) is 0 Å². The van der Waals surface area contributed by atoms with E-state index in [-0.39, 0.29) is 29.8 Å². The molecule has 5 heteroatoms. The average Bonchev–Trinajstić information content (AvgIpc) is 2.29. The third kappa shape index (κ3) is 4.68. The third-order valence-corrected chi connectivity index (χ3v) is 4.75. The van der Waals surface area contributed by atoms with E-state index in [1.807, 2.05) is 18.7 Å². The summed E-state index contributed by atoms with van der Waals surface area (Å²) in [5.74, 6) is 2.98. The number of hydrogen-bond donors (Lipinski definition) is 2. The van der Waals surface area contributed by atoms with Crippen molar-refractivity contribution in [2.75, 3.05) is 18.1 Å². The Balaban J connectivity index is 0.00000256. The van der Waals surface area contributed by atoms with Gasteiger partial charge in [-0.25, -0.2) is 0 Å². The summed E-state index contributed by atoms with van der Waals surface area (Å²) in [6.45, 7) is 6.73. The summed E-state index contributed by atoms with van der Waals surface area (Å²) >= 11 is 1.94. The van der Waals surface area contributed by atoms with Crippen LogP contribution in [0, 0.1) is 11.8 Å². The number of nitrogens with two attached hydrogens (primary N) is 1. The lowest BCUT2D eigenvalue weighted by molar-refractivity contribution is -0.127. The van der Waals surface area contributed by atoms with Crippen LogP contribution in [-0.2, 0) is 4.79 Å². The van der Waals surface area contributed by atoms with Gasteiger partial charge >= 0.3 is 0 Å². The van der Waals surface area contributed by atoms with Crippen LogP contribution < -0.4 is 11.1 Å². The minimum Gasteiger partial charge on any atom is -0.349 e. The monoisotopic (exact) mass is 280 g/mol. The first-order valence-electron chi connectivity index (χ1n) is 6.09. The van der Waals surface area contributed by atoms with Crippen LogP contribution in [0.5, 0.6) is 0 Å². The summed E-state index contributed by atoms with van der Waals surface area (Å²) in [5, 5.41) is 3.14. The molecule has 1 aliphatic heterocycles. The molecule has 1 amide bonds. The Morgan fingerprint density at radius 3 is 2.41 bits per heavy atom. The second-order valence-electron chi connectivity index (χ2n) is 5.15. The molecule has 0 bridgehead atoms. The highest BCUT2D eigenvalue weighted by Gasteiger charge is 2.31. The minimum absolute atomic E-state index is 0. The van der Waals surface area contributed by atoms with Crippen LogP contribution in [0.4, 0.5) is 0 Å². The zero-order valence-corrected chi connectivity index (χ0v) is 12.6. The van der Waals surface area contributed by atoms with Gasteiger partial charge in [0.05, 0.1) is 5.54 Å². The van der Waals surface area contributed by atoms with Crippen LogP contribution in [-0.4, -0.2) is 29.5 Å². The number of rotatable bonds is 4. The van der Waals surface area contributed by atoms with E-state index in [1.165, 1.54) is 0 Å². The van der Waals surface area contributed by atoms with Crippen molar-refractivity contribution < 1.29 is 4.79 Å². The Kier molecular flexibility index (Phi) is 7.52. The standard InChI is InChI=1S/C12H24N2OS.ClH/c1-9(2)12(3,8-13)14-11(15)10-4-6-16-7-5-10;/h9-10H,4-8,13H2,1-3H3,(H,14,15);1H.